The van der Waals surface area contributed by atoms with Gasteiger partial charge in [-0.05, 0) is 62.9 Å². The second-order valence-corrected chi connectivity index (χ2v) is 8.76. The fourth-order valence-corrected chi connectivity index (χ4v) is 6.67. The summed E-state index contributed by atoms with van der Waals surface area (Å²) in [6, 6.07) is -0.806. The number of hydrogen-bond acceptors (Lipinski definition) is 4. The van der Waals surface area contributed by atoms with Gasteiger partial charge in [-0.25, -0.2) is 0 Å². The first kappa shape index (κ1) is 16.0. The zero-order chi connectivity index (χ0) is 17.3. The fraction of sp³-hybridized carbons (Fsp3) is 0.789. The Hall–Kier alpha value is -1.52. The molecule has 6 atom stereocenters. The minimum atomic E-state index is -0.806. The molecule has 2 unspecified atom stereocenters. The second-order valence-electron chi connectivity index (χ2n) is 8.76. The monoisotopic (exact) mass is 331 g/mol. The minimum absolute atomic E-state index is 0.0249. The van der Waals surface area contributed by atoms with Gasteiger partial charge in [0.15, 0.2) is 5.78 Å². The first-order valence-electron chi connectivity index (χ1n) is 9.19. The van der Waals surface area contributed by atoms with Gasteiger partial charge >= 0.3 is 0 Å². The summed E-state index contributed by atoms with van der Waals surface area (Å²) in [6.07, 6.45) is 6.79. The van der Waals surface area contributed by atoms with Crippen molar-refractivity contribution in [2.75, 3.05) is 0 Å². The highest BCUT2D eigenvalue weighted by molar-refractivity contribution is 5.92. The predicted octanol–water partition coefficient (Wildman–Crippen LogP) is 3.34. The zero-order valence-electron chi connectivity index (χ0n) is 14.4. The van der Waals surface area contributed by atoms with E-state index in [0.29, 0.717) is 24.0 Å². The van der Waals surface area contributed by atoms with Crippen LogP contribution in [0.1, 0.15) is 58.8 Å². The van der Waals surface area contributed by atoms with Crippen LogP contribution in [0, 0.1) is 38.7 Å². The Bertz CT molecular complexity index is 668. The number of carbonyl (C=O) groups is 2. The number of nitro groups is 1. The third kappa shape index (κ3) is 1.87. The summed E-state index contributed by atoms with van der Waals surface area (Å²) in [6.45, 7) is 4.14. The van der Waals surface area contributed by atoms with E-state index in [1.807, 2.05) is 6.92 Å². The van der Waals surface area contributed by atoms with Crippen molar-refractivity contribution in [2.45, 2.75) is 64.8 Å². The quantitative estimate of drug-likeness (QED) is 0.545. The van der Waals surface area contributed by atoms with Crippen molar-refractivity contribution in [3.8, 4) is 0 Å². The van der Waals surface area contributed by atoms with Gasteiger partial charge in [-0.1, -0.05) is 12.5 Å². The number of hydrogen-bond donors (Lipinski definition) is 0. The highest BCUT2D eigenvalue weighted by atomic mass is 16.6. The van der Waals surface area contributed by atoms with Crippen LogP contribution in [0.15, 0.2) is 11.6 Å². The molecule has 5 heteroatoms. The largest absolute Gasteiger partial charge is 0.299 e. The molecule has 0 aromatic heterocycles. The molecule has 4 aliphatic carbocycles. The predicted molar refractivity (Wildman–Crippen MR) is 87.9 cm³/mol. The lowest BCUT2D eigenvalue weighted by Gasteiger charge is -2.56. The molecule has 130 valence electrons. The normalized spacial score (nSPS) is 47.5. The van der Waals surface area contributed by atoms with Crippen molar-refractivity contribution in [1.29, 1.82) is 0 Å². The highest BCUT2D eigenvalue weighted by Gasteiger charge is 2.63. The van der Waals surface area contributed by atoms with Crippen LogP contribution in [0.4, 0.5) is 0 Å². The average Bonchev–Trinajstić information content (AvgIpc) is 2.83. The van der Waals surface area contributed by atoms with Gasteiger partial charge in [-0.15, -0.1) is 0 Å². The molecule has 0 aliphatic heterocycles. The van der Waals surface area contributed by atoms with Crippen LogP contribution in [-0.4, -0.2) is 22.5 Å². The van der Waals surface area contributed by atoms with Crippen molar-refractivity contribution in [2.24, 2.45) is 28.6 Å². The van der Waals surface area contributed by atoms with Gasteiger partial charge in [0.2, 0.25) is 6.04 Å². The SMILES string of the molecule is C[C@@]12C(=CC(=O)CC1[N+](=O)[O-])CC[C@@H]1C2CC[C@]2(C)C(=O)CC[C@@H]12. The molecule has 4 rings (SSSR count). The Morgan fingerprint density at radius 1 is 1.12 bits per heavy atom. The van der Waals surface area contributed by atoms with E-state index in [0.717, 1.165) is 37.7 Å². The van der Waals surface area contributed by atoms with Crippen LogP contribution >= 0.6 is 0 Å². The van der Waals surface area contributed by atoms with E-state index in [1.165, 1.54) is 0 Å². The third-order valence-electron chi connectivity index (χ3n) is 8.03. The van der Waals surface area contributed by atoms with Crippen molar-refractivity contribution in [3.05, 3.63) is 21.8 Å². The smallest absolute Gasteiger partial charge is 0.229 e. The topological polar surface area (TPSA) is 77.3 Å². The Balaban J connectivity index is 1.76. The fourth-order valence-electron chi connectivity index (χ4n) is 6.67. The standard InChI is InChI=1S/C19H25NO4/c1-18-8-7-15-13(14(18)5-6-17(18)22)4-3-11-9-12(21)10-16(20(23)24)19(11,15)2/h9,13-16H,3-8,10H2,1-2H3/t13-,14-,15?,16?,18-,19-/m0/s1. The number of nitrogens with zero attached hydrogens (tertiary/aromatic N) is 1. The molecule has 0 spiro atoms. The summed E-state index contributed by atoms with van der Waals surface area (Å²) in [5, 5.41) is 11.7. The first-order valence-corrected chi connectivity index (χ1v) is 9.19. The number of Topliss-reactive ketones (excluding diaryl/α,β-unsaturated/α-hetero) is 1. The van der Waals surface area contributed by atoms with E-state index < -0.39 is 11.5 Å². The van der Waals surface area contributed by atoms with Crippen LogP contribution in [0.3, 0.4) is 0 Å². The maximum absolute atomic E-state index is 12.4. The zero-order valence-corrected chi connectivity index (χ0v) is 14.4. The molecule has 5 nitrogen and oxygen atoms in total. The Labute approximate surface area is 142 Å². The van der Waals surface area contributed by atoms with Gasteiger partial charge < -0.3 is 0 Å². The van der Waals surface area contributed by atoms with Crippen LogP contribution in [0.25, 0.3) is 0 Å². The number of fused-ring (bicyclic) bond motifs is 5. The highest BCUT2D eigenvalue weighted by Crippen LogP contribution is 2.64. The van der Waals surface area contributed by atoms with Gasteiger partial charge in [0, 0.05) is 16.8 Å². The summed E-state index contributed by atoms with van der Waals surface area (Å²) >= 11 is 0. The molecule has 3 fully saturated rings. The Kier molecular flexibility index (Phi) is 3.32. The number of ketones is 2. The van der Waals surface area contributed by atoms with E-state index in [4.69, 9.17) is 0 Å². The van der Waals surface area contributed by atoms with E-state index in [9.17, 15) is 19.7 Å². The summed E-state index contributed by atoms with van der Waals surface area (Å²) in [5.41, 5.74) is 0.260. The molecule has 0 N–H and O–H groups in total. The summed E-state index contributed by atoms with van der Waals surface area (Å²) in [5.74, 6) is 1.27. The average molecular weight is 331 g/mol. The van der Waals surface area contributed by atoms with E-state index in [2.05, 4.69) is 6.92 Å². The number of carbonyl (C=O) groups excluding carboxylic acids is 2. The van der Waals surface area contributed by atoms with Crippen LogP contribution < -0.4 is 0 Å². The van der Waals surface area contributed by atoms with Crippen LogP contribution in [0.2, 0.25) is 0 Å². The second kappa shape index (κ2) is 4.99. The molecule has 0 radical (unpaired) electrons. The van der Waals surface area contributed by atoms with Gasteiger partial charge in [0.1, 0.15) is 5.78 Å². The van der Waals surface area contributed by atoms with Gasteiger partial charge in [0.25, 0.3) is 0 Å². The lowest BCUT2D eigenvalue weighted by molar-refractivity contribution is -0.542. The van der Waals surface area contributed by atoms with E-state index >= 15 is 0 Å². The maximum Gasteiger partial charge on any atom is 0.229 e. The summed E-state index contributed by atoms with van der Waals surface area (Å²) in [4.78, 5) is 35.9. The lowest BCUT2D eigenvalue weighted by atomic mass is 9.46. The van der Waals surface area contributed by atoms with Crippen molar-refractivity contribution in [1.82, 2.24) is 0 Å². The molecule has 0 aromatic carbocycles. The van der Waals surface area contributed by atoms with Crippen LogP contribution in [0.5, 0.6) is 0 Å². The van der Waals surface area contributed by atoms with E-state index in [1.54, 1.807) is 6.08 Å². The number of rotatable bonds is 1. The first-order chi connectivity index (χ1) is 11.3. The lowest BCUT2D eigenvalue weighted by Crippen LogP contribution is -2.57. The molecule has 4 aliphatic rings. The molecule has 0 amide bonds. The molecule has 24 heavy (non-hydrogen) atoms. The molecule has 0 aromatic rings. The molecule has 0 bridgehead atoms. The third-order valence-corrected chi connectivity index (χ3v) is 8.03. The summed E-state index contributed by atoms with van der Waals surface area (Å²) in [7, 11) is 0. The Morgan fingerprint density at radius 3 is 2.58 bits per heavy atom. The van der Waals surface area contributed by atoms with Crippen molar-refractivity contribution >= 4 is 11.6 Å². The van der Waals surface area contributed by atoms with Gasteiger partial charge in [-0.3, -0.25) is 19.7 Å². The van der Waals surface area contributed by atoms with Crippen molar-refractivity contribution in [3.63, 3.8) is 0 Å². The van der Waals surface area contributed by atoms with E-state index in [-0.39, 0.29) is 28.5 Å². The van der Waals surface area contributed by atoms with Gasteiger partial charge in [-0.2, -0.15) is 0 Å². The molecule has 0 heterocycles. The minimum Gasteiger partial charge on any atom is -0.299 e. The maximum atomic E-state index is 12.4. The van der Waals surface area contributed by atoms with Crippen molar-refractivity contribution < 1.29 is 14.5 Å². The molecule has 0 saturated heterocycles. The Morgan fingerprint density at radius 2 is 1.88 bits per heavy atom. The van der Waals surface area contributed by atoms with Gasteiger partial charge in [0.05, 0.1) is 11.8 Å². The molecular weight excluding hydrogens is 306 g/mol. The molecular formula is C19H25NO4. The molecule has 3 saturated carbocycles. The summed E-state index contributed by atoms with van der Waals surface area (Å²) < 4.78 is 0. The van der Waals surface area contributed by atoms with Crippen LogP contribution in [-0.2, 0) is 9.59 Å².